The average Bonchev–Trinajstić information content (AvgIpc) is 3.38. The maximum absolute atomic E-state index is 12.8. The second-order valence-corrected chi connectivity index (χ2v) is 6.65. The van der Waals surface area contributed by atoms with Crippen molar-refractivity contribution in [3.05, 3.63) is 35.7 Å². The Hall–Kier alpha value is -2.74. The zero-order chi connectivity index (χ0) is 18.1. The van der Waals surface area contributed by atoms with Crippen LogP contribution in [-0.2, 0) is 9.53 Å². The van der Waals surface area contributed by atoms with Crippen molar-refractivity contribution in [2.45, 2.75) is 31.3 Å². The summed E-state index contributed by atoms with van der Waals surface area (Å²) in [5.41, 5.74) is 1.23. The van der Waals surface area contributed by atoms with E-state index in [-0.39, 0.29) is 18.9 Å². The van der Waals surface area contributed by atoms with Gasteiger partial charge in [0.15, 0.2) is 0 Å². The molecule has 1 atom stereocenters. The third-order valence-corrected chi connectivity index (χ3v) is 4.56. The molecule has 2 heterocycles. The first kappa shape index (κ1) is 16.7. The van der Waals surface area contributed by atoms with E-state index < -0.39 is 12.1 Å². The van der Waals surface area contributed by atoms with E-state index in [0.29, 0.717) is 36.3 Å². The highest BCUT2D eigenvalue weighted by molar-refractivity contribution is 5.95. The number of morpholine rings is 1. The van der Waals surface area contributed by atoms with Crippen LogP contribution in [-0.4, -0.2) is 57.8 Å². The lowest BCUT2D eigenvalue weighted by Gasteiger charge is -2.32. The highest BCUT2D eigenvalue weighted by Crippen LogP contribution is 2.39. The van der Waals surface area contributed by atoms with Gasteiger partial charge in [-0.05, 0) is 25.0 Å². The summed E-state index contributed by atoms with van der Waals surface area (Å²) in [4.78, 5) is 29.7. The minimum absolute atomic E-state index is 0.114. The summed E-state index contributed by atoms with van der Waals surface area (Å²) in [6, 6.07) is 7.09. The Morgan fingerprint density at radius 1 is 1.31 bits per heavy atom. The number of carboxylic acids is 1. The standard InChI is InChI=1S/C18H19N3O5/c22-15(23)9-14-10-21(6-7-25-14)18(24)13-3-1-2-12(8-13)16-19-17(26-20-16)11-4-5-11/h1-3,8,11,14H,4-7,9-10H2,(H,22,23)/t14-/m1/s1. The van der Waals surface area contributed by atoms with Gasteiger partial charge >= 0.3 is 5.97 Å². The molecule has 1 amide bonds. The Labute approximate surface area is 149 Å². The average molecular weight is 357 g/mol. The maximum Gasteiger partial charge on any atom is 0.306 e. The first-order valence-electron chi connectivity index (χ1n) is 8.67. The second kappa shape index (κ2) is 6.87. The molecule has 1 saturated heterocycles. The lowest BCUT2D eigenvalue weighted by molar-refractivity contribution is -0.141. The predicted octanol–water partition coefficient (Wildman–Crippen LogP) is 1.93. The van der Waals surface area contributed by atoms with Crippen molar-refractivity contribution in [1.82, 2.24) is 15.0 Å². The van der Waals surface area contributed by atoms with Gasteiger partial charge in [0.25, 0.3) is 5.91 Å². The molecule has 0 radical (unpaired) electrons. The maximum atomic E-state index is 12.8. The van der Waals surface area contributed by atoms with Crippen LogP contribution in [0.15, 0.2) is 28.8 Å². The highest BCUT2D eigenvalue weighted by Gasteiger charge is 2.30. The van der Waals surface area contributed by atoms with Crippen LogP contribution in [0.1, 0.15) is 41.4 Å². The topological polar surface area (TPSA) is 106 Å². The molecule has 1 saturated carbocycles. The number of hydrogen-bond donors (Lipinski definition) is 1. The fraction of sp³-hybridized carbons (Fsp3) is 0.444. The van der Waals surface area contributed by atoms with Gasteiger partial charge in [0, 0.05) is 30.1 Å². The molecule has 1 aliphatic heterocycles. The van der Waals surface area contributed by atoms with E-state index in [1.54, 1.807) is 23.1 Å². The Morgan fingerprint density at radius 2 is 2.15 bits per heavy atom. The van der Waals surface area contributed by atoms with Crippen LogP contribution in [0.2, 0.25) is 0 Å². The number of aromatic nitrogens is 2. The van der Waals surface area contributed by atoms with Crippen LogP contribution in [0.25, 0.3) is 11.4 Å². The first-order chi connectivity index (χ1) is 12.6. The lowest BCUT2D eigenvalue weighted by Crippen LogP contribution is -2.46. The van der Waals surface area contributed by atoms with Gasteiger partial charge in [0.05, 0.1) is 19.1 Å². The fourth-order valence-corrected chi connectivity index (χ4v) is 3.04. The van der Waals surface area contributed by atoms with Crippen molar-refractivity contribution < 1.29 is 24.0 Å². The summed E-state index contributed by atoms with van der Waals surface area (Å²) < 4.78 is 10.7. The molecule has 4 rings (SSSR count). The molecule has 26 heavy (non-hydrogen) atoms. The van der Waals surface area contributed by atoms with Crippen molar-refractivity contribution in [2.75, 3.05) is 19.7 Å². The van der Waals surface area contributed by atoms with Crippen molar-refractivity contribution in [1.29, 1.82) is 0 Å². The fourth-order valence-electron chi connectivity index (χ4n) is 3.04. The molecule has 8 nitrogen and oxygen atoms in total. The Bertz CT molecular complexity index is 830. The van der Waals surface area contributed by atoms with Crippen molar-refractivity contribution in [3.8, 4) is 11.4 Å². The normalized spacial score (nSPS) is 20.2. The number of ether oxygens (including phenoxy) is 1. The minimum Gasteiger partial charge on any atom is -0.481 e. The lowest BCUT2D eigenvalue weighted by atomic mass is 10.1. The van der Waals surface area contributed by atoms with Gasteiger partial charge in [-0.3, -0.25) is 9.59 Å². The minimum atomic E-state index is -0.935. The Kier molecular flexibility index (Phi) is 4.42. The number of nitrogens with zero attached hydrogens (tertiary/aromatic N) is 3. The monoisotopic (exact) mass is 357 g/mol. The number of benzene rings is 1. The van der Waals surface area contributed by atoms with E-state index in [0.717, 1.165) is 18.4 Å². The number of carbonyl (C=O) groups is 2. The number of carboxylic acid groups (broad SMARTS) is 1. The Morgan fingerprint density at radius 3 is 2.92 bits per heavy atom. The summed E-state index contributed by atoms with van der Waals surface area (Å²) in [7, 11) is 0. The molecule has 1 aliphatic carbocycles. The van der Waals surface area contributed by atoms with E-state index in [2.05, 4.69) is 10.1 Å². The van der Waals surface area contributed by atoms with E-state index in [1.807, 2.05) is 6.07 Å². The quantitative estimate of drug-likeness (QED) is 0.871. The smallest absolute Gasteiger partial charge is 0.306 e. The van der Waals surface area contributed by atoms with E-state index in [9.17, 15) is 9.59 Å². The predicted molar refractivity (Wildman–Crippen MR) is 89.6 cm³/mol. The number of aliphatic carboxylic acids is 1. The molecule has 136 valence electrons. The van der Waals surface area contributed by atoms with E-state index >= 15 is 0 Å². The molecular weight excluding hydrogens is 338 g/mol. The molecule has 0 unspecified atom stereocenters. The van der Waals surface area contributed by atoms with Crippen molar-refractivity contribution >= 4 is 11.9 Å². The van der Waals surface area contributed by atoms with Crippen molar-refractivity contribution in [3.63, 3.8) is 0 Å². The number of hydrogen-bond acceptors (Lipinski definition) is 6. The van der Waals surface area contributed by atoms with Gasteiger partial charge in [0.2, 0.25) is 11.7 Å². The SMILES string of the molecule is O=C(O)C[C@@H]1CN(C(=O)c2cccc(-c3noc(C4CC4)n3)c2)CCO1. The third kappa shape index (κ3) is 3.60. The van der Waals surface area contributed by atoms with Gasteiger partial charge < -0.3 is 19.3 Å². The Balaban J connectivity index is 1.49. The number of rotatable bonds is 5. The molecule has 0 bridgehead atoms. The van der Waals surface area contributed by atoms with Gasteiger partial charge in [-0.1, -0.05) is 17.3 Å². The molecule has 2 aliphatic rings. The van der Waals surface area contributed by atoms with Crippen LogP contribution in [0.4, 0.5) is 0 Å². The van der Waals surface area contributed by atoms with Gasteiger partial charge in [-0.25, -0.2) is 0 Å². The molecule has 0 spiro atoms. The van der Waals surface area contributed by atoms with Crippen LogP contribution in [0.5, 0.6) is 0 Å². The second-order valence-electron chi connectivity index (χ2n) is 6.65. The molecule has 2 aromatic rings. The largest absolute Gasteiger partial charge is 0.481 e. The molecule has 2 fully saturated rings. The zero-order valence-corrected chi connectivity index (χ0v) is 14.1. The van der Waals surface area contributed by atoms with Crippen LogP contribution >= 0.6 is 0 Å². The van der Waals surface area contributed by atoms with E-state index in [4.69, 9.17) is 14.4 Å². The van der Waals surface area contributed by atoms with E-state index in [1.165, 1.54) is 0 Å². The van der Waals surface area contributed by atoms with Crippen LogP contribution in [0, 0.1) is 0 Å². The third-order valence-electron chi connectivity index (χ3n) is 4.56. The highest BCUT2D eigenvalue weighted by atomic mass is 16.5. The zero-order valence-electron chi connectivity index (χ0n) is 14.1. The molecule has 8 heteroatoms. The molecular formula is C18H19N3O5. The van der Waals surface area contributed by atoms with Gasteiger partial charge in [0.1, 0.15) is 0 Å². The number of amides is 1. The van der Waals surface area contributed by atoms with Crippen molar-refractivity contribution in [2.24, 2.45) is 0 Å². The van der Waals surface area contributed by atoms with Gasteiger partial charge in [-0.15, -0.1) is 0 Å². The molecule has 1 N–H and O–H groups in total. The summed E-state index contributed by atoms with van der Waals surface area (Å²) in [6.45, 7) is 1.04. The summed E-state index contributed by atoms with van der Waals surface area (Å²) in [6.07, 6.45) is 1.56. The van der Waals surface area contributed by atoms with Gasteiger partial charge in [-0.2, -0.15) is 4.98 Å². The number of carbonyl (C=O) groups excluding carboxylic acids is 1. The summed E-state index contributed by atoms with van der Waals surface area (Å²) in [5.74, 6) is 0.417. The van der Waals surface area contributed by atoms with Crippen LogP contribution < -0.4 is 0 Å². The first-order valence-corrected chi connectivity index (χ1v) is 8.67. The van der Waals surface area contributed by atoms with Crippen LogP contribution in [0.3, 0.4) is 0 Å². The summed E-state index contributed by atoms with van der Waals surface area (Å²) >= 11 is 0. The summed E-state index contributed by atoms with van der Waals surface area (Å²) in [5, 5.41) is 12.9. The molecule has 1 aromatic heterocycles. The molecule has 1 aromatic carbocycles.